The van der Waals surface area contributed by atoms with E-state index in [2.05, 4.69) is 35.8 Å². The molecule has 0 fully saturated rings. The second-order valence-electron chi connectivity index (χ2n) is 6.18. The van der Waals surface area contributed by atoms with Crippen LogP contribution in [0.4, 0.5) is 5.82 Å². The van der Waals surface area contributed by atoms with E-state index in [1.807, 2.05) is 50.2 Å². The Kier molecular flexibility index (Phi) is 6.14. The molecule has 1 amide bonds. The number of nitrogens with one attached hydrogen (secondary N) is 1. The number of aromatic nitrogens is 5. The molecule has 0 radical (unpaired) electrons. The molecular formula is C17H21N9O3. The van der Waals surface area contributed by atoms with Crippen molar-refractivity contribution in [3.05, 3.63) is 41.2 Å². The number of nitrogen functional groups attached to an aromatic ring is 1. The molecule has 0 aliphatic heterocycles. The lowest BCUT2D eigenvalue weighted by molar-refractivity contribution is 0.0948. The lowest BCUT2D eigenvalue weighted by Gasteiger charge is -2.11. The fraction of sp³-hybridized carbons (Fsp3) is 0.294. The van der Waals surface area contributed by atoms with Gasteiger partial charge in [-0.2, -0.15) is 9.78 Å². The van der Waals surface area contributed by atoms with E-state index in [1.54, 1.807) is 0 Å². The first-order valence-corrected chi connectivity index (χ1v) is 8.74. The van der Waals surface area contributed by atoms with Crippen molar-refractivity contribution in [2.24, 2.45) is 5.10 Å². The zero-order valence-electron chi connectivity index (χ0n) is 16.2. The number of benzene rings is 1. The summed E-state index contributed by atoms with van der Waals surface area (Å²) in [5.41, 5.74) is 9.46. The number of hydrogen-bond donors (Lipinski definition) is 2. The molecular weight excluding hydrogens is 378 g/mol. The second kappa shape index (κ2) is 8.93. The molecule has 3 aromatic rings. The molecule has 2 aromatic heterocycles. The summed E-state index contributed by atoms with van der Waals surface area (Å²) in [7, 11) is 3.68. The van der Waals surface area contributed by atoms with Gasteiger partial charge in [-0.15, -0.1) is 5.10 Å². The van der Waals surface area contributed by atoms with Gasteiger partial charge in [0, 0.05) is 12.1 Å². The lowest BCUT2D eigenvalue weighted by atomic mass is 10.2. The highest BCUT2D eigenvalue weighted by Crippen LogP contribution is 2.17. The Bertz CT molecular complexity index is 1010. The van der Waals surface area contributed by atoms with Gasteiger partial charge in [0.05, 0.1) is 18.5 Å². The number of hydrazone groups is 1. The predicted octanol–water partition coefficient (Wildman–Crippen LogP) is 0.457. The topological polar surface area (TPSA) is 150 Å². The first-order chi connectivity index (χ1) is 14.0. The zero-order chi connectivity index (χ0) is 20.8. The number of carbonyl (C=O) groups is 1. The van der Waals surface area contributed by atoms with Gasteiger partial charge in [0.2, 0.25) is 11.6 Å². The minimum atomic E-state index is -0.534. The summed E-state index contributed by atoms with van der Waals surface area (Å²) in [6, 6.07) is 7.36. The van der Waals surface area contributed by atoms with Crippen LogP contribution in [0.25, 0.3) is 5.82 Å². The van der Waals surface area contributed by atoms with Crippen molar-refractivity contribution in [3.8, 4) is 11.6 Å². The Morgan fingerprint density at radius 2 is 2.17 bits per heavy atom. The molecule has 2 heterocycles. The van der Waals surface area contributed by atoms with Gasteiger partial charge in [0.25, 0.3) is 5.91 Å². The third kappa shape index (κ3) is 4.55. The van der Waals surface area contributed by atoms with Crippen molar-refractivity contribution in [1.82, 2.24) is 35.6 Å². The van der Waals surface area contributed by atoms with Crippen molar-refractivity contribution in [2.75, 3.05) is 26.4 Å². The molecule has 12 nitrogen and oxygen atoms in total. The third-order valence-corrected chi connectivity index (χ3v) is 3.73. The summed E-state index contributed by atoms with van der Waals surface area (Å²) in [5.74, 6) is 0.324. The molecule has 0 saturated heterocycles. The first-order valence-electron chi connectivity index (χ1n) is 8.74. The standard InChI is InChI=1S/C17H21N9O3/c1-4-28-13-8-6-5-7-11(13)9-19-21-17(27)14-12(10-25(2)3)26(24-20-14)16-15(18)22-29-23-16/h5-9H,4,10H2,1-3H3,(H2,18,22)(H,21,27). The molecule has 152 valence electrons. The molecule has 3 N–H and O–H groups in total. The summed E-state index contributed by atoms with van der Waals surface area (Å²) < 4.78 is 11.5. The summed E-state index contributed by atoms with van der Waals surface area (Å²) in [6.45, 7) is 2.76. The van der Waals surface area contributed by atoms with E-state index < -0.39 is 5.91 Å². The molecule has 0 spiro atoms. The first kappa shape index (κ1) is 19.9. The highest BCUT2D eigenvalue weighted by Gasteiger charge is 2.24. The normalized spacial score (nSPS) is 11.3. The van der Waals surface area contributed by atoms with Crippen LogP contribution < -0.4 is 15.9 Å². The number of hydrogen-bond acceptors (Lipinski definition) is 10. The van der Waals surface area contributed by atoms with Crippen LogP contribution in [0.3, 0.4) is 0 Å². The number of ether oxygens (including phenoxy) is 1. The Morgan fingerprint density at radius 1 is 1.38 bits per heavy atom. The van der Waals surface area contributed by atoms with E-state index in [-0.39, 0.29) is 17.3 Å². The minimum absolute atomic E-state index is 0.0346. The predicted molar refractivity (Wildman–Crippen MR) is 104 cm³/mol. The Balaban J connectivity index is 1.82. The van der Waals surface area contributed by atoms with Gasteiger partial charge in [-0.1, -0.05) is 17.3 Å². The molecule has 0 bridgehead atoms. The van der Waals surface area contributed by atoms with Gasteiger partial charge in [0.1, 0.15) is 5.75 Å². The van der Waals surface area contributed by atoms with Gasteiger partial charge >= 0.3 is 0 Å². The van der Waals surface area contributed by atoms with Crippen LogP contribution in [0.5, 0.6) is 5.75 Å². The Morgan fingerprint density at radius 3 is 2.86 bits per heavy atom. The van der Waals surface area contributed by atoms with Crippen molar-refractivity contribution in [3.63, 3.8) is 0 Å². The largest absolute Gasteiger partial charge is 0.493 e. The minimum Gasteiger partial charge on any atom is -0.493 e. The zero-order valence-corrected chi connectivity index (χ0v) is 16.2. The van der Waals surface area contributed by atoms with Gasteiger partial charge < -0.3 is 15.4 Å². The van der Waals surface area contributed by atoms with Gasteiger partial charge in [-0.3, -0.25) is 4.79 Å². The van der Waals surface area contributed by atoms with Gasteiger partial charge in [0.15, 0.2) is 5.69 Å². The summed E-state index contributed by atoms with van der Waals surface area (Å²) >= 11 is 0. The number of nitrogens with two attached hydrogens (primary N) is 1. The maximum atomic E-state index is 12.6. The van der Waals surface area contributed by atoms with Crippen molar-refractivity contribution in [2.45, 2.75) is 13.5 Å². The fourth-order valence-electron chi connectivity index (χ4n) is 2.51. The highest BCUT2D eigenvalue weighted by atomic mass is 16.6. The van der Waals surface area contributed by atoms with E-state index in [0.717, 1.165) is 5.56 Å². The number of nitrogens with zero attached hydrogens (tertiary/aromatic N) is 7. The number of amides is 1. The van der Waals surface area contributed by atoms with Crippen LogP contribution in [0.2, 0.25) is 0 Å². The molecule has 0 saturated carbocycles. The van der Waals surface area contributed by atoms with Crippen LogP contribution in [0.15, 0.2) is 34.0 Å². The fourth-order valence-corrected chi connectivity index (χ4v) is 2.51. The average molecular weight is 399 g/mol. The van der Waals surface area contributed by atoms with Crippen LogP contribution in [0, 0.1) is 0 Å². The maximum absolute atomic E-state index is 12.6. The molecule has 12 heteroatoms. The number of carbonyl (C=O) groups excluding carboxylic acids is 1. The van der Waals surface area contributed by atoms with Crippen LogP contribution in [-0.2, 0) is 6.54 Å². The van der Waals surface area contributed by atoms with E-state index in [4.69, 9.17) is 10.5 Å². The maximum Gasteiger partial charge on any atom is 0.293 e. The van der Waals surface area contributed by atoms with E-state index in [9.17, 15) is 4.79 Å². The number of rotatable bonds is 8. The molecule has 29 heavy (non-hydrogen) atoms. The molecule has 0 unspecified atom stereocenters. The SMILES string of the molecule is CCOc1ccccc1C=NNC(=O)c1nnn(-c2nonc2N)c1CN(C)C. The number of anilines is 1. The van der Waals surface area contributed by atoms with Crippen molar-refractivity contribution in [1.29, 1.82) is 0 Å². The molecule has 0 atom stereocenters. The van der Waals surface area contributed by atoms with Gasteiger partial charge in [-0.25, -0.2) is 10.1 Å². The smallest absolute Gasteiger partial charge is 0.293 e. The Labute approximate surface area is 166 Å². The second-order valence-corrected chi connectivity index (χ2v) is 6.18. The van der Waals surface area contributed by atoms with Gasteiger partial charge in [-0.05, 0) is 43.5 Å². The van der Waals surface area contributed by atoms with E-state index in [1.165, 1.54) is 10.9 Å². The molecule has 0 aliphatic carbocycles. The van der Waals surface area contributed by atoms with Crippen LogP contribution in [0.1, 0.15) is 28.7 Å². The summed E-state index contributed by atoms with van der Waals surface area (Å²) in [4.78, 5) is 14.5. The van der Waals surface area contributed by atoms with Crippen LogP contribution >= 0.6 is 0 Å². The number of para-hydroxylation sites is 1. The summed E-state index contributed by atoms with van der Waals surface area (Å²) in [6.07, 6.45) is 1.50. The highest BCUT2D eigenvalue weighted by molar-refractivity contribution is 5.94. The van der Waals surface area contributed by atoms with Crippen molar-refractivity contribution < 1.29 is 14.2 Å². The molecule has 1 aromatic carbocycles. The van der Waals surface area contributed by atoms with E-state index >= 15 is 0 Å². The van der Waals surface area contributed by atoms with Crippen LogP contribution in [-0.4, -0.2) is 63.0 Å². The Hall–Kier alpha value is -3.80. The molecule has 3 rings (SSSR count). The van der Waals surface area contributed by atoms with E-state index in [0.29, 0.717) is 24.6 Å². The third-order valence-electron chi connectivity index (χ3n) is 3.73. The quantitative estimate of drug-likeness (QED) is 0.407. The molecule has 0 aliphatic rings. The monoisotopic (exact) mass is 399 g/mol. The average Bonchev–Trinajstić information content (AvgIpc) is 3.28. The summed E-state index contributed by atoms with van der Waals surface area (Å²) in [5, 5.41) is 19.2. The lowest BCUT2D eigenvalue weighted by Crippen LogP contribution is -2.23. The van der Waals surface area contributed by atoms with Crippen molar-refractivity contribution >= 4 is 17.9 Å².